The summed E-state index contributed by atoms with van der Waals surface area (Å²) in [6.45, 7) is 4.41. The maximum atomic E-state index is 12.5. The molecule has 1 nitrogen and oxygen atoms in total. The number of halogens is 1. The highest BCUT2D eigenvalue weighted by atomic mass is 32.1. The van der Waals surface area contributed by atoms with E-state index in [0.29, 0.717) is 12.3 Å². The Hall–Kier alpha value is -0.960. The maximum Gasteiger partial charge on any atom is 0.123 e. The molecule has 0 aliphatic rings. The topological polar surface area (TPSA) is 12.0 Å². The first-order valence-corrected chi connectivity index (χ1v) is 4.62. The van der Waals surface area contributed by atoms with E-state index in [1.165, 1.54) is 12.1 Å². The van der Waals surface area contributed by atoms with Crippen LogP contribution in [0.3, 0.4) is 0 Å². The van der Waals surface area contributed by atoms with Gasteiger partial charge in [0.1, 0.15) is 5.82 Å². The van der Waals surface area contributed by atoms with Crippen molar-refractivity contribution >= 4 is 12.6 Å². The van der Waals surface area contributed by atoms with Gasteiger partial charge < -0.3 is 5.32 Å². The lowest BCUT2D eigenvalue weighted by Gasteiger charge is -2.06. The molecule has 0 unspecified atom stereocenters. The second kappa shape index (κ2) is 4.92. The van der Waals surface area contributed by atoms with E-state index in [-0.39, 0.29) is 5.82 Å². The summed E-state index contributed by atoms with van der Waals surface area (Å²) in [6.07, 6.45) is 0. The van der Waals surface area contributed by atoms with Crippen LogP contribution >= 0.6 is 12.6 Å². The highest BCUT2D eigenvalue weighted by Crippen LogP contribution is 2.02. The first kappa shape index (κ1) is 10.1. The predicted octanol–water partition coefficient (Wildman–Crippen LogP) is 2.36. The van der Waals surface area contributed by atoms with E-state index in [2.05, 4.69) is 24.5 Å². The van der Waals surface area contributed by atoms with Gasteiger partial charge in [-0.3, -0.25) is 0 Å². The van der Waals surface area contributed by atoms with E-state index in [4.69, 9.17) is 0 Å². The lowest BCUT2D eigenvalue weighted by atomic mass is 10.2. The molecule has 0 spiro atoms. The van der Waals surface area contributed by atoms with Crippen LogP contribution in [0.1, 0.15) is 5.56 Å². The number of hydrogen-bond acceptors (Lipinski definition) is 2. The fraction of sp³-hybridized carbons (Fsp3) is 0.200. The van der Waals surface area contributed by atoms with Crippen LogP contribution in [0.2, 0.25) is 0 Å². The van der Waals surface area contributed by atoms with E-state index in [1.807, 2.05) is 0 Å². The third kappa shape index (κ3) is 3.51. The highest BCUT2D eigenvalue weighted by Gasteiger charge is 1.93. The van der Waals surface area contributed by atoms with Gasteiger partial charge in [0.15, 0.2) is 0 Å². The van der Waals surface area contributed by atoms with Crippen molar-refractivity contribution < 1.29 is 4.39 Å². The summed E-state index contributed by atoms with van der Waals surface area (Å²) < 4.78 is 12.5. The van der Waals surface area contributed by atoms with Gasteiger partial charge in [0.25, 0.3) is 0 Å². The normalized spacial score (nSPS) is 9.69. The van der Waals surface area contributed by atoms with Crippen molar-refractivity contribution in [1.82, 2.24) is 5.32 Å². The lowest BCUT2D eigenvalue weighted by molar-refractivity contribution is 0.626. The molecule has 0 saturated heterocycles. The van der Waals surface area contributed by atoms with Gasteiger partial charge in [-0.05, 0) is 17.7 Å². The SMILES string of the molecule is C=C(CS)NCc1ccc(F)cc1. The third-order valence-electron chi connectivity index (χ3n) is 1.65. The monoisotopic (exact) mass is 197 g/mol. The molecule has 0 aliphatic heterocycles. The van der Waals surface area contributed by atoms with Gasteiger partial charge in [-0.25, -0.2) is 4.39 Å². The molecule has 0 fully saturated rings. The minimum Gasteiger partial charge on any atom is -0.384 e. The molecule has 1 N–H and O–H groups in total. The van der Waals surface area contributed by atoms with Gasteiger partial charge >= 0.3 is 0 Å². The fourth-order valence-corrected chi connectivity index (χ4v) is 0.997. The van der Waals surface area contributed by atoms with Gasteiger partial charge in [-0.15, -0.1) is 0 Å². The molecule has 0 radical (unpaired) electrons. The standard InChI is InChI=1S/C10H12FNS/c1-8(7-13)12-6-9-2-4-10(11)5-3-9/h2-5,12-13H,1,6-7H2. The summed E-state index contributed by atoms with van der Waals surface area (Å²) in [4.78, 5) is 0. The van der Waals surface area contributed by atoms with Crippen molar-refractivity contribution in [3.8, 4) is 0 Å². The molecule has 1 aromatic carbocycles. The zero-order chi connectivity index (χ0) is 9.68. The second-order valence-electron chi connectivity index (χ2n) is 2.74. The van der Waals surface area contributed by atoms with Gasteiger partial charge in [-0.1, -0.05) is 18.7 Å². The molecule has 0 heterocycles. The summed E-state index contributed by atoms with van der Waals surface area (Å²) in [6, 6.07) is 6.38. The van der Waals surface area contributed by atoms with Gasteiger partial charge in [0, 0.05) is 18.0 Å². The van der Waals surface area contributed by atoms with E-state index in [0.717, 1.165) is 11.3 Å². The van der Waals surface area contributed by atoms with Crippen LogP contribution in [0.5, 0.6) is 0 Å². The van der Waals surface area contributed by atoms with E-state index < -0.39 is 0 Å². The molecule has 3 heteroatoms. The van der Waals surface area contributed by atoms with Crippen LogP contribution in [0.4, 0.5) is 4.39 Å². The van der Waals surface area contributed by atoms with Crippen molar-refractivity contribution in [3.05, 3.63) is 47.9 Å². The quantitative estimate of drug-likeness (QED) is 0.706. The number of nitrogens with one attached hydrogen (secondary N) is 1. The number of benzene rings is 1. The zero-order valence-corrected chi connectivity index (χ0v) is 8.15. The Morgan fingerprint density at radius 1 is 1.38 bits per heavy atom. The minimum atomic E-state index is -0.211. The van der Waals surface area contributed by atoms with Gasteiger partial charge in [-0.2, -0.15) is 12.6 Å². The molecule has 0 aliphatic carbocycles. The highest BCUT2D eigenvalue weighted by molar-refractivity contribution is 7.80. The van der Waals surface area contributed by atoms with Crippen molar-refractivity contribution in [1.29, 1.82) is 0 Å². The van der Waals surface area contributed by atoms with Crippen molar-refractivity contribution in [2.24, 2.45) is 0 Å². The molecule has 13 heavy (non-hydrogen) atoms. The molecule has 0 saturated carbocycles. The second-order valence-corrected chi connectivity index (χ2v) is 3.06. The Balaban J connectivity index is 2.46. The molecule has 1 rings (SSSR count). The van der Waals surface area contributed by atoms with Crippen molar-refractivity contribution in [2.45, 2.75) is 6.54 Å². The predicted molar refractivity (Wildman–Crippen MR) is 56.2 cm³/mol. The molecule has 1 aromatic rings. The van der Waals surface area contributed by atoms with Gasteiger partial charge in [0.05, 0.1) is 0 Å². The smallest absolute Gasteiger partial charge is 0.123 e. The fourth-order valence-electron chi connectivity index (χ4n) is 0.885. The Bertz CT molecular complexity index is 281. The first-order valence-electron chi connectivity index (χ1n) is 3.99. The van der Waals surface area contributed by atoms with Crippen LogP contribution in [-0.2, 0) is 6.54 Å². The zero-order valence-electron chi connectivity index (χ0n) is 7.26. The lowest BCUT2D eigenvalue weighted by Crippen LogP contribution is -2.12. The maximum absolute atomic E-state index is 12.5. The average Bonchev–Trinajstić information content (AvgIpc) is 2.16. The largest absolute Gasteiger partial charge is 0.384 e. The molecule has 0 atom stereocenters. The molecule has 0 amide bonds. The van der Waals surface area contributed by atoms with Crippen LogP contribution < -0.4 is 5.32 Å². The van der Waals surface area contributed by atoms with Crippen LogP contribution in [0, 0.1) is 5.82 Å². The first-order chi connectivity index (χ1) is 6.22. The molecular weight excluding hydrogens is 185 g/mol. The molecule has 0 bridgehead atoms. The molecular formula is C10H12FNS. The Morgan fingerprint density at radius 3 is 2.54 bits per heavy atom. The van der Waals surface area contributed by atoms with E-state index >= 15 is 0 Å². The van der Waals surface area contributed by atoms with Gasteiger partial charge in [0.2, 0.25) is 0 Å². The summed E-state index contributed by atoms with van der Waals surface area (Å²) in [5.74, 6) is 0.401. The van der Waals surface area contributed by atoms with Crippen molar-refractivity contribution in [2.75, 3.05) is 5.75 Å². The van der Waals surface area contributed by atoms with Crippen LogP contribution in [-0.4, -0.2) is 5.75 Å². The Kier molecular flexibility index (Phi) is 3.83. The number of rotatable bonds is 4. The summed E-state index contributed by atoms with van der Waals surface area (Å²) in [5.41, 5.74) is 1.90. The Morgan fingerprint density at radius 2 is 2.00 bits per heavy atom. The minimum absolute atomic E-state index is 0.211. The summed E-state index contributed by atoms with van der Waals surface area (Å²) >= 11 is 4.06. The van der Waals surface area contributed by atoms with E-state index in [1.54, 1.807) is 12.1 Å². The number of hydrogen-bond donors (Lipinski definition) is 2. The third-order valence-corrected chi connectivity index (χ3v) is 2.03. The average molecular weight is 197 g/mol. The van der Waals surface area contributed by atoms with Crippen LogP contribution in [0.25, 0.3) is 0 Å². The van der Waals surface area contributed by atoms with Crippen molar-refractivity contribution in [3.63, 3.8) is 0 Å². The summed E-state index contributed by atoms with van der Waals surface area (Å²) in [7, 11) is 0. The Labute approximate surface area is 83.1 Å². The van der Waals surface area contributed by atoms with E-state index in [9.17, 15) is 4.39 Å². The van der Waals surface area contributed by atoms with Crippen LogP contribution in [0.15, 0.2) is 36.5 Å². The number of thiol groups is 1. The molecule has 70 valence electrons. The summed E-state index contributed by atoms with van der Waals surface area (Å²) in [5, 5.41) is 3.07. The molecule has 0 aromatic heterocycles.